The molecule has 2 aromatic rings. The van der Waals surface area contributed by atoms with Crippen molar-refractivity contribution in [3.63, 3.8) is 0 Å². The van der Waals surface area contributed by atoms with Gasteiger partial charge in [-0.15, -0.1) is 0 Å². The Morgan fingerprint density at radius 2 is 1.81 bits per heavy atom. The van der Waals surface area contributed by atoms with Crippen LogP contribution in [0.25, 0.3) is 0 Å². The van der Waals surface area contributed by atoms with Gasteiger partial charge in [0, 0.05) is 13.1 Å². The molecule has 1 aliphatic heterocycles. The molecule has 3 rings (SSSR count). The fourth-order valence-corrected chi connectivity index (χ4v) is 4.29. The maximum absolute atomic E-state index is 12.8. The molecule has 0 aromatic heterocycles. The van der Waals surface area contributed by atoms with Crippen LogP contribution in [0.5, 0.6) is 17.2 Å². The van der Waals surface area contributed by atoms with Crippen LogP contribution in [-0.4, -0.2) is 51.3 Å². The number of piperidine rings is 1. The summed E-state index contributed by atoms with van der Waals surface area (Å²) in [6.45, 7) is 4.33. The average Bonchev–Trinajstić information content (AvgIpc) is 2.82. The lowest BCUT2D eigenvalue weighted by Gasteiger charge is -2.36. The summed E-state index contributed by atoms with van der Waals surface area (Å²) < 4.78 is 16.1. The maximum atomic E-state index is 12.8. The Balaban J connectivity index is 1.55. The molecule has 0 radical (unpaired) electrons. The third-order valence-electron chi connectivity index (χ3n) is 6.09. The molecule has 2 unspecified atom stereocenters. The minimum atomic E-state index is -0.166. The second kappa shape index (κ2) is 11.0. The van der Waals surface area contributed by atoms with Gasteiger partial charge in [0.1, 0.15) is 5.75 Å². The van der Waals surface area contributed by atoms with Crippen molar-refractivity contribution in [3.05, 3.63) is 53.6 Å². The molecule has 2 atom stereocenters. The number of methoxy groups -OCH3 is 3. The van der Waals surface area contributed by atoms with Crippen molar-refractivity contribution in [1.82, 2.24) is 10.2 Å². The normalized spacial score (nSPS) is 17.6. The molecule has 1 N–H and O–H groups in total. The molecule has 31 heavy (non-hydrogen) atoms. The Labute approximate surface area is 185 Å². The van der Waals surface area contributed by atoms with Crippen molar-refractivity contribution < 1.29 is 19.0 Å². The Morgan fingerprint density at radius 1 is 1.06 bits per heavy atom. The summed E-state index contributed by atoms with van der Waals surface area (Å²) in [5.41, 5.74) is 2.22. The molecule has 1 saturated heterocycles. The average molecular weight is 427 g/mol. The summed E-state index contributed by atoms with van der Waals surface area (Å²) in [6, 6.07) is 13.7. The smallest absolute Gasteiger partial charge is 0.237 e. The molecule has 1 amide bonds. The number of nitrogens with one attached hydrogen (secondary N) is 1. The molecule has 0 bridgehead atoms. The van der Waals surface area contributed by atoms with Gasteiger partial charge in [0.05, 0.1) is 27.4 Å². The number of hydrogen-bond donors (Lipinski definition) is 1. The topological polar surface area (TPSA) is 60.0 Å². The lowest BCUT2D eigenvalue weighted by molar-refractivity contribution is -0.126. The highest BCUT2D eigenvalue weighted by atomic mass is 16.5. The highest BCUT2D eigenvalue weighted by molar-refractivity contribution is 5.81. The Morgan fingerprint density at radius 3 is 2.55 bits per heavy atom. The minimum absolute atomic E-state index is 0.0488. The molecule has 0 spiro atoms. The number of rotatable bonds is 9. The van der Waals surface area contributed by atoms with Crippen LogP contribution in [0.3, 0.4) is 0 Å². The predicted molar refractivity (Wildman–Crippen MR) is 122 cm³/mol. The van der Waals surface area contributed by atoms with Gasteiger partial charge >= 0.3 is 0 Å². The van der Waals surface area contributed by atoms with Gasteiger partial charge in [0.2, 0.25) is 5.91 Å². The summed E-state index contributed by atoms with van der Waals surface area (Å²) in [6.07, 6.45) is 3.25. The van der Waals surface area contributed by atoms with E-state index in [0.717, 1.165) is 37.2 Å². The number of likely N-dealkylation sites (tertiary alicyclic amines) is 1. The summed E-state index contributed by atoms with van der Waals surface area (Å²) in [4.78, 5) is 15.1. The van der Waals surface area contributed by atoms with Gasteiger partial charge in [0.25, 0.3) is 0 Å². The number of hydrogen-bond acceptors (Lipinski definition) is 5. The summed E-state index contributed by atoms with van der Waals surface area (Å²) in [5.74, 6) is 2.86. The van der Waals surface area contributed by atoms with E-state index in [1.54, 1.807) is 21.3 Å². The van der Waals surface area contributed by atoms with Crippen LogP contribution >= 0.6 is 0 Å². The Kier molecular flexibility index (Phi) is 8.18. The van der Waals surface area contributed by atoms with Crippen LogP contribution in [0.1, 0.15) is 30.9 Å². The first-order chi connectivity index (χ1) is 15.0. The van der Waals surface area contributed by atoms with Crippen LogP contribution in [0, 0.1) is 5.92 Å². The third kappa shape index (κ3) is 5.91. The lowest BCUT2D eigenvalue weighted by atomic mass is 9.90. The van der Waals surface area contributed by atoms with E-state index >= 15 is 0 Å². The summed E-state index contributed by atoms with van der Waals surface area (Å²) >= 11 is 0. The maximum Gasteiger partial charge on any atom is 0.237 e. The fraction of sp³-hybridized carbons (Fsp3) is 0.480. The molecule has 6 heteroatoms. The SMILES string of the molecule is COc1ccccc1CC1CCCN(C(C)C(=O)NCc2ccc(OC)c(OC)c2)C1. The molecule has 2 aromatic carbocycles. The largest absolute Gasteiger partial charge is 0.496 e. The highest BCUT2D eigenvalue weighted by Gasteiger charge is 2.27. The van der Waals surface area contributed by atoms with E-state index < -0.39 is 0 Å². The zero-order valence-corrected chi connectivity index (χ0v) is 19.0. The number of carbonyl (C=O) groups is 1. The molecule has 168 valence electrons. The van der Waals surface area contributed by atoms with E-state index in [9.17, 15) is 4.79 Å². The monoisotopic (exact) mass is 426 g/mol. The van der Waals surface area contributed by atoms with Crippen molar-refractivity contribution >= 4 is 5.91 Å². The molecule has 1 aliphatic rings. The van der Waals surface area contributed by atoms with Crippen LogP contribution < -0.4 is 19.5 Å². The number of amides is 1. The molecular weight excluding hydrogens is 392 g/mol. The second-order valence-electron chi connectivity index (χ2n) is 8.10. The summed E-state index contributed by atoms with van der Waals surface area (Å²) in [7, 11) is 4.94. The van der Waals surface area contributed by atoms with Gasteiger partial charge in [-0.1, -0.05) is 24.3 Å². The summed E-state index contributed by atoms with van der Waals surface area (Å²) in [5, 5.41) is 3.07. The van der Waals surface area contributed by atoms with Crippen molar-refractivity contribution in [1.29, 1.82) is 0 Å². The second-order valence-corrected chi connectivity index (χ2v) is 8.10. The molecule has 1 fully saturated rings. The Bertz CT molecular complexity index is 870. The van der Waals surface area contributed by atoms with E-state index in [2.05, 4.69) is 22.3 Å². The van der Waals surface area contributed by atoms with Crippen molar-refractivity contribution in [2.24, 2.45) is 5.92 Å². The highest BCUT2D eigenvalue weighted by Crippen LogP contribution is 2.28. The van der Waals surface area contributed by atoms with Gasteiger partial charge in [-0.2, -0.15) is 0 Å². The van der Waals surface area contributed by atoms with Gasteiger partial charge in [-0.25, -0.2) is 0 Å². The van der Waals surface area contributed by atoms with E-state index in [-0.39, 0.29) is 11.9 Å². The van der Waals surface area contributed by atoms with Crippen LogP contribution in [0.4, 0.5) is 0 Å². The first-order valence-electron chi connectivity index (χ1n) is 10.9. The van der Waals surface area contributed by atoms with Crippen LogP contribution in [0.2, 0.25) is 0 Å². The quantitative estimate of drug-likeness (QED) is 0.663. The van der Waals surface area contributed by atoms with Crippen molar-refractivity contribution in [2.45, 2.75) is 38.8 Å². The number of carbonyl (C=O) groups excluding carboxylic acids is 1. The Hall–Kier alpha value is -2.73. The third-order valence-corrected chi connectivity index (χ3v) is 6.09. The zero-order valence-electron chi connectivity index (χ0n) is 19.0. The van der Waals surface area contributed by atoms with Gasteiger partial charge in [-0.3, -0.25) is 9.69 Å². The molecular formula is C25H34N2O4. The zero-order chi connectivity index (χ0) is 22.2. The molecule has 1 heterocycles. The number of nitrogens with zero attached hydrogens (tertiary/aromatic N) is 1. The van der Waals surface area contributed by atoms with Crippen LogP contribution in [0.15, 0.2) is 42.5 Å². The predicted octanol–water partition coefficient (Wildman–Crippen LogP) is 3.67. The van der Waals surface area contributed by atoms with E-state index in [1.807, 2.05) is 37.3 Å². The number of benzene rings is 2. The van der Waals surface area contributed by atoms with Crippen molar-refractivity contribution in [3.8, 4) is 17.2 Å². The molecule has 0 aliphatic carbocycles. The lowest BCUT2D eigenvalue weighted by Crippen LogP contribution is -2.49. The first kappa shape index (κ1) is 22.9. The van der Waals surface area contributed by atoms with Gasteiger partial charge in [0.15, 0.2) is 11.5 Å². The van der Waals surface area contributed by atoms with E-state index in [4.69, 9.17) is 14.2 Å². The first-order valence-corrected chi connectivity index (χ1v) is 10.9. The van der Waals surface area contributed by atoms with Crippen molar-refractivity contribution in [2.75, 3.05) is 34.4 Å². The number of ether oxygens (including phenoxy) is 3. The van der Waals surface area contributed by atoms with E-state index in [0.29, 0.717) is 24.0 Å². The van der Waals surface area contributed by atoms with Crippen LogP contribution in [-0.2, 0) is 17.8 Å². The number of para-hydroxylation sites is 1. The molecule has 0 saturated carbocycles. The molecule has 6 nitrogen and oxygen atoms in total. The standard InChI is InChI=1S/C25H34N2O4/c1-18(25(28)26-16-19-11-12-23(30-3)24(15-19)31-4)27-13-7-8-20(17-27)14-21-9-5-6-10-22(21)29-2/h5-6,9-12,15,18,20H,7-8,13-14,16-17H2,1-4H3,(H,26,28). The fourth-order valence-electron chi connectivity index (χ4n) is 4.29. The van der Waals surface area contributed by atoms with E-state index in [1.165, 1.54) is 12.0 Å². The van der Waals surface area contributed by atoms with Gasteiger partial charge in [-0.05, 0) is 68.0 Å². The van der Waals surface area contributed by atoms with Gasteiger partial charge < -0.3 is 19.5 Å². The minimum Gasteiger partial charge on any atom is -0.496 e.